The minimum absolute atomic E-state index is 0.0585. The lowest BCUT2D eigenvalue weighted by molar-refractivity contribution is 0.0945. The van der Waals surface area contributed by atoms with Crippen LogP contribution in [0, 0.1) is 0 Å². The van der Waals surface area contributed by atoms with Crippen molar-refractivity contribution >= 4 is 38.8 Å². The number of rotatable bonds is 4. The summed E-state index contributed by atoms with van der Waals surface area (Å²) in [6.45, 7) is 0.205. The molecule has 0 aliphatic carbocycles. The van der Waals surface area contributed by atoms with E-state index < -0.39 is 0 Å². The molecule has 0 aliphatic heterocycles. The number of aliphatic hydroxyl groups excluding tert-OH is 1. The molecule has 4 nitrogen and oxygen atoms in total. The molecule has 0 atom stereocenters. The molecule has 0 saturated heterocycles. The van der Waals surface area contributed by atoms with E-state index in [-0.39, 0.29) is 19.1 Å². The molecule has 0 radical (unpaired) electrons. The predicted molar refractivity (Wildman–Crippen MR) is 82.4 cm³/mol. The third-order valence-electron chi connectivity index (χ3n) is 2.78. The highest BCUT2D eigenvalue weighted by Gasteiger charge is 2.10. The summed E-state index contributed by atoms with van der Waals surface area (Å²) < 4.78 is 0.991. The van der Waals surface area contributed by atoms with Gasteiger partial charge in [0, 0.05) is 12.1 Å². The molecular weight excluding hydrogens is 292 g/mol. The van der Waals surface area contributed by atoms with E-state index in [1.807, 2.05) is 29.6 Å². The van der Waals surface area contributed by atoms with Crippen LogP contribution in [0.2, 0.25) is 0 Å². The summed E-state index contributed by atoms with van der Waals surface area (Å²) in [5, 5.41) is 14.4. The average molecular weight is 304 g/mol. The Morgan fingerprint density at radius 3 is 3.00 bits per heavy atom. The Bertz CT molecular complexity index is 735. The summed E-state index contributed by atoms with van der Waals surface area (Å²) in [4.78, 5) is 17.6. The van der Waals surface area contributed by atoms with E-state index in [9.17, 15) is 4.79 Å². The first-order valence-corrected chi connectivity index (χ1v) is 7.81. The van der Waals surface area contributed by atoms with Crippen LogP contribution >= 0.6 is 22.7 Å². The van der Waals surface area contributed by atoms with Gasteiger partial charge in [-0.3, -0.25) is 4.79 Å². The molecule has 2 N–H and O–H groups in total. The second-order valence-electron chi connectivity index (χ2n) is 4.16. The molecule has 102 valence electrons. The fourth-order valence-electron chi connectivity index (χ4n) is 1.84. The number of nitrogens with zero attached hydrogens (tertiary/aromatic N) is 1. The second-order valence-corrected chi connectivity index (χ2v) is 6.14. The van der Waals surface area contributed by atoms with Crippen molar-refractivity contribution in [2.24, 2.45) is 0 Å². The van der Waals surface area contributed by atoms with Crippen LogP contribution in [-0.2, 0) is 0 Å². The lowest BCUT2D eigenvalue weighted by atomic mass is 10.2. The van der Waals surface area contributed by atoms with Crippen molar-refractivity contribution in [3.8, 4) is 9.88 Å². The van der Waals surface area contributed by atoms with Gasteiger partial charge in [-0.25, -0.2) is 4.98 Å². The molecule has 2 aromatic heterocycles. The normalized spacial score (nSPS) is 10.8. The molecule has 0 unspecified atom stereocenters. The first kappa shape index (κ1) is 13.2. The molecule has 3 aromatic rings. The van der Waals surface area contributed by atoms with Gasteiger partial charge in [0.25, 0.3) is 5.91 Å². The van der Waals surface area contributed by atoms with Crippen LogP contribution in [0.15, 0.2) is 35.7 Å². The summed E-state index contributed by atoms with van der Waals surface area (Å²) >= 11 is 3.23. The average Bonchev–Trinajstić information content (AvgIpc) is 3.11. The molecule has 0 spiro atoms. The van der Waals surface area contributed by atoms with E-state index in [1.54, 1.807) is 28.7 Å². The van der Waals surface area contributed by atoms with Crippen LogP contribution in [0.4, 0.5) is 0 Å². The zero-order valence-corrected chi connectivity index (χ0v) is 12.1. The number of hydrogen-bond acceptors (Lipinski definition) is 5. The van der Waals surface area contributed by atoms with Crippen molar-refractivity contribution in [1.82, 2.24) is 10.3 Å². The zero-order chi connectivity index (χ0) is 13.9. The van der Waals surface area contributed by atoms with Gasteiger partial charge in [0.05, 0.1) is 21.7 Å². The van der Waals surface area contributed by atoms with Crippen LogP contribution in [0.25, 0.3) is 20.1 Å². The van der Waals surface area contributed by atoms with Gasteiger partial charge in [-0.2, -0.15) is 0 Å². The van der Waals surface area contributed by atoms with E-state index in [4.69, 9.17) is 5.11 Å². The Morgan fingerprint density at radius 1 is 1.35 bits per heavy atom. The van der Waals surface area contributed by atoms with Crippen LogP contribution in [-0.4, -0.2) is 29.1 Å². The quantitative estimate of drug-likeness (QED) is 0.779. The van der Waals surface area contributed by atoms with Crippen LogP contribution in [0.5, 0.6) is 0 Å². The van der Waals surface area contributed by atoms with Gasteiger partial charge < -0.3 is 10.4 Å². The maximum atomic E-state index is 11.8. The Hall–Kier alpha value is -1.76. The van der Waals surface area contributed by atoms with Crippen molar-refractivity contribution < 1.29 is 9.90 Å². The third kappa shape index (κ3) is 2.58. The number of hydrogen-bond donors (Lipinski definition) is 2. The van der Waals surface area contributed by atoms with Crippen LogP contribution in [0.3, 0.4) is 0 Å². The molecule has 3 rings (SSSR count). The number of amides is 1. The highest BCUT2D eigenvalue weighted by molar-refractivity contribution is 7.25. The van der Waals surface area contributed by atoms with Gasteiger partial charge in [-0.15, -0.1) is 22.7 Å². The zero-order valence-electron chi connectivity index (χ0n) is 10.5. The van der Waals surface area contributed by atoms with E-state index in [2.05, 4.69) is 10.3 Å². The lowest BCUT2D eigenvalue weighted by Crippen LogP contribution is -2.26. The smallest absolute Gasteiger partial charge is 0.251 e. The first-order valence-electron chi connectivity index (χ1n) is 6.11. The SMILES string of the molecule is O=C(NCCO)c1ccc2nc(-c3cccs3)sc2c1. The molecule has 20 heavy (non-hydrogen) atoms. The van der Waals surface area contributed by atoms with Gasteiger partial charge in [0.2, 0.25) is 0 Å². The van der Waals surface area contributed by atoms with E-state index in [1.165, 1.54) is 0 Å². The van der Waals surface area contributed by atoms with E-state index in [0.29, 0.717) is 5.56 Å². The highest BCUT2D eigenvalue weighted by atomic mass is 32.1. The fourth-order valence-corrected chi connectivity index (χ4v) is 3.64. The topological polar surface area (TPSA) is 62.2 Å². The number of nitrogens with one attached hydrogen (secondary N) is 1. The molecule has 0 saturated carbocycles. The number of carbonyl (C=O) groups excluding carboxylic acids is 1. The predicted octanol–water partition coefficient (Wildman–Crippen LogP) is 2.75. The van der Waals surface area contributed by atoms with E-state index in [0.717, 1.165) is 20.1 Å². The minimum atomic E-state index is -0.174. The monoisotopic (exact) mass is 304 g/mol. The number of thiophene rings is 1. The maximum Gasteiger partial charge on any atom is 0.251 e. The summed E-state index contributed by atoms with van der Waals surface area (Å²) in [6.07, 6.45) is 0. The molecule has 6 heteroatoms. The van der Waals surface area contributed by atoms with Gasteiger partial charge in [-0.05, 0) is 29.6 Å². The number of carbonyl (C=O) groups is 1. The number of benzene rings is 1. The maximum absolute atomic E-state index is 11.8. The van der Waals surface area contributed by atoms with Gasteiger partial charge in [-0.1, -0.05) is 6.07 Å². The Balaban J connectivity index is 1.93. The third-order valence-corrected chi connectivity index (χ3v) is 4.84. The first-order chi connectivity index (χ1) is 9.78. The Kier molecular flexibility index (Phi) is 3.77. The van der Waals surface area contributed by atoms with Crippen molar-refractivity contribution in [1.29, 1.82) is 0 Å². The van der Waals surface area contributed by atoms with Crippen LogP contribution < -0.4 is 5.32 Å². The van der Waals surface area contributed by atoms with Crippen molar-refractivity contribution in [3.05, 3.63) is 41.3 Å². The van der Waals surface area contributed by atoms with Crippen molar-refractivity contribution in [2.45, 2.75) is 0 Å². The van der Waals surface area contributed by atoms with Gasteiger partial charge in [0.15, 0.2) is 0 Å². The van der Waals surface area contributed by atoms with E-state index >= 15 is 0 Å². The Morgan fingerprint density at radius 2 is 2.25 bits per heavy atom. The molecule has 2 heterocycles. The minimum Gasteiger partial charge on any atom is -0.395 e. The van der Waals surface area contributed by atoms with Crippen molar-refractivity contribution in [3.63, 3.8) is 0 Å². The molecular formula is C14H12N2O2S2. The molecule has 1 amide bonds. The second kappa shape index (κ2) is 5.70. The highest BCUT2D eigenvalue weighted by Crippen LogP contribution is 2.33. The van der Waals surface area contributed by atoms with Crippen molar-refractivity contribution in [2.75, 3.05) is 13.2 Å². The Labute approximate surface area is 123 Å². The lowest BCUT2D eigenvalue weighted by Gasteiger charge is -2.02. The summed E-state index contributed by atoms with van der Waals surface area (Å²) in [7, 11) is 0. The number of aromatic nitrogens is 1. The van der Waals surface area contributed by atoms with Gasteiger partial charge in [0.1, 0.15) is 5.01 Å². The number of thiazole rings is 1. The summed E-state index contributed by atoms with van der Waals surface area (Å²) in [5.41, 5.74) is 1.49. The largest absolute Gasteiger partial charge is 0.395 e. The number of aliphatic hydroxyl groups is 1. The molecule has 0 bridgehead atoms. The van der Waals surface area contributed by atoms with Gasteiger partial charge >= 0.3 is 0 Å². The summed E-state index contributed by atoms with van der Waals surface area (Å²) in [6, 6.07) is 9.50. The van der Waals surface area contributed by atoms with Crippen LogP contribution in [0.1, 0.15) is 10.4 Å². The molecule has 0 aliphatic rings. The summed E-state index contributed by atoms with van der Waals surface area (Å²) in [5.74, 6) is -0.174. The number of fused-ring (bicyclic) bond motifs is 1. The molecule has 1 aromatic carbocycles. The molecule has 0 fully saturated rings. The standard InChI is InChI=1S/C14H12N2O2S2/c17-6-5-15-13(18)9-3-4-10-12(8-9)20-14(16-10)11-2-1-7-19-11/h1-4,7-8,17H,5-6H2,(H,15,18). The fraction of sp³-hybridized carbons (Fsp3) is 0.143.